The molecular weight excluding hydrogens is 179 g/mol. The second kappa shape index (κ2) is 4.16. The van der Waals surface area contributed by atoms with Crippen LogP contribution in [-0.4, -0.2) is 19.3 Å². The van der Waals surface area contributed by atoms with Crippen molar-refractivity contribution in [2.75, 3.05) is 13.1 Å². The van der Waals surface area contributed by atoms with Crippen LogP contribution in [0.25, 0.3) is 0 Å². The van der Waals surface area contributed by atoms with Crippen molar-refractivity contribution in [3.63, 3.8) is 0 Å². The summed E-state index contributed by atoms with van der Waals surface area (Å²) in [5, 5.41) is 2.72. The van der Waals surface area contributed by atoms with E-state index in [9.17, 15) is 13.2 Å². The summed E-state index contributed by atoms with van der Waals surface area (Å²) in [7, 11) is 0. The number of hydrogen-bond acceptors (Lipinski definition) is 1. The Balaban J connectivity index is 0.000001000. The molecule has 1 N–H and O–H groups in total. The molecule has 1 aliphatic heterocycles. The first-order valence-corrected chi connectivity index (χ1v) is 3.38. The van der Waals surface area contributed by atoms with Crippen molar-refractivity contribution < 1.29 is 13.2 Å². The zero-order chi connectivity index (χ0) is 7.61. The van der Waals surface area contributed by atoms with Crippen molar-refractivity contribution in [3.8, 4) is 0 Å². The van der Waals surface area contributed by atoms with Crippen LogP contribution in [0, 0.1) is 5.92 Å². The third-order valence-electron chi connectivity index (χ3n) is 1.76. The Labute approximate surface area is 69.8 Å². The normalized spacial score (nSPS) is 25.9. The van der Waals surface area contributed by atoms with E-state index < -0.39 is 12.1 Å². The topological polar surface area (TPSA) is 12.0 Å². The molecule has 0 aromatic heterocycles. The Morgan fingerprint density at radius 3 is 2.18 bits per heavy atom. The van der Waals surface area contributed by atoms with Gasteiger partial charge in [-0.05, 0) is 19.4 Å². The predicted molar refractivity (Wildman–Crippen MR) is 38.9 cm³/mol. The van der Waals surface area contributed by atoms with Gasteiger partial charge in [0.25, 0.3) is 0 Å². The molecule has 1 nitrogen and oxygen atoms in total. The minimum atomic E-state index is -3.99. The summed E-state index contributed by atoms with van der Waals surface area (Å²) < 4.78 is 35.7. The molecule has 1 atom stereocenters. The van der Waals surface area contributed by atoms with Crippen molar-refractivity contribution in [1.82, 2.24) is 5.32 Å². The summed E-state index contributed by atoms with van der Waals surface area (Å²) in [5.74, 6) is -1.11. The van der Waals surface area contributed by atoms with Crippen LogP contribution < -0.4 is 5.32 Å². The highest BCUT2D eigenvalue weighted by molar-refractivity contribution is 5.85. The van der Waals surface area contributed by atoms with Gasteiger partial charge in [-0.1, -0.05) is 0 Å². The molecule has 0 bridgehead atoms. The van der Waals surface area contributed by atoms with Crippen LogP contribution in [0.3, 0.4) is 0 Å². The average molecular weight is 190 g/mol. The van der Waals surface area contributed by atoms with E-state index in [1.165, 1.54) is 0 Å². The van der Waals surface area contributed by atoms with E-state index in [1.54, 1.807) is 0 Å². The number of rotatable bonds is 0. The average Bonchev–Trinajstić information content (AvgIpc) is 1.88. The monoisotopic (exact) mass is 189 g/mol. The van der Waals surface area contributed by atoms with Crippen molar-refractivity contribution in [1.29, 1.82) is 0 Å². The maximum absolute atomic E-state index is 11.9. The molecule has 0 radical (unpaired) electrons. The van der Waals surface area contributed by atoms with E-state index in [0.29, 0.717) is 6.42 Å². The van der Waals surface area contributed by atoms with Crippen molar-refractivity contribution in [2.45, 2.75) is 19.0 Å². The molecule has 0 aliphatic carbocycles. The number of halogens is 4. The Morgan fingerprint density at radius 2 is 1.91 bits per heavy atom. The number of alkyl halides is 3. The van der Waals surface area contributed by atoms with Crippen LogP contribution in [0.5, 0.6) is 0 Å². The van der Waals surface area contributed by atoms with Crippen LogP contribution in [-0.2, 0) is 0 Å². The van der Waals surface area contributed by atoms with Crippen molar-refractivity contribution in [2.24, 2.45) is 5.92 Å². The molecular formula is C6H11ClF3N. The fourth-order valence-electron chi connectivity index (χ4n) is 1.13. The lowest BCUT2D eigenvalue weighted by atomic mass is 9.99. The molecule has 1 fully saturated rings. The summed E-state index contributed by atoms with van der Waals surface area (Å²) in [6.45, 7) is 0.829. The second-order valence-electron chi connectivity index (χ2n) is 2.58. The van der Waals surface area contributed by atoms with E-state index in [2.05, 4.69) is 5.32 Å². The van der Waals surface area contributed by atoms with Crippen LogP contribution in [0.1, 0.15) is 12.8 Å². The smallest absolute Gasteiger partial charge is 0.316 e. The minimum Gasteiger partial charge on any atom is -0.316 e. The van der Waals surface area contributed by atoms with E-state index in [1.807, 2.05) is 0 Å². The van der Waals surface area contributed by atoms with Gasteiger partial charge >= 0.3 is 6.18 Å². The largest absolute Gasteiger partial charge is 0.393 e. The van der Waals surface area contributed by atoms with Gasteiger partial charge in [0.15, 0.2) is 0 Å². The van der Waals surface area contributed by atoms with Gasteiger partial charge in [0, 0.05) is 6.54 Å². The molecule has 0 aromatic rings. The fraction of sp³-hybridized carbons (Fsp3) is 1.00. The minimum absolute atomic E-state index is 0. The highest BCUT2D eigenvalue weighted by atomic mass is 35.5. The zero-order valence-electron chi connectivity index (χ0n) is 5.95. The summed E-state index contributed by atoms with van der Waals surface area (Å²) in [5.41, 5.74) is 0. The van der Waals surface area contributed by atoms with E-state index in [0.717, 1.165) is 6.54 Å². The number of hydrogen-bond donors (Lipinski definition) is 1. The Hall–Kier alpha value is 0.0400. The van der Waals surface area contributed by atoms with Gasteiger partial charge < -0.3 is 5.32 Å². The molecule has 0 aromatic carbocycles. The van der Waals surface area contributed by atoms with Gasteiger partial charge in [0.05, 0.1) is 5.92 Å². The molecule has 0 spiro atoms. The van der Waals surface area contributed by atoms with Crippen LogP contribution >= 0.6 is 12.4 Å². The van der Waals surface area contributed by atoms with Gasteiger partial charge in [-0.3, -0.25) is 0 Å². The van der Waals surface area contributed by atoms with Gasteiger partial charge in [-0.15, -0.1) is 12.4 Å². The van der Waals surface area contributed by atoms with Crippen molar-refractivity contribution >= 4 is 12.4 Å². The predicted octanol–water partition coefficient (Wildman–Crippen LogP) is 1.97. The first-order valence-electron chi connectivity index (χ1n) is 3.38. The lowest BCUT2D eigenvalue weighted by Gasteiger charge is -2.24. The summed E-state index contributed by atoms with van der Waals surface area (Å²) in [6, 6.07) is 0. The van der Waals surface area contributed by atoms with Gasteiger partial charge in [-0.2, -0.15) is 13.2 Å². The molecule has 0 amide bonds. The highest BCUT2D eigenvalue weighted by Crippen LogP contribution is 2.30. The number of piperidine rings is 1. The van der Waals surface area contributed by atoms with Gasteiger partial charge in [-0.25, -0.2) is 0 Å². The molecule has 1 heterocycles. The third kappa shape index (κ3) is 3.29. The SMILES string of the molecule is Cl.FC(F)(F)[C@H]1CCCNC1. The van der Waals surface area contributed by atoms with Crippen LogP contribution in [0.15, 0.2) is 0 Å². The maximum Gasteiger partial charge on any atom is 0.393 e. The molecule has 68 valence electrons. The summed E-state index contributed by atoms with van der Waals surface area (Å²) in [4.78, 5) is 0. The standard InChI is InChI=1S/C6H10F3N.ClH/c7-6(8,9)5-2-1-3-10-4-5;/h5,10H,1-4H2;1H/t5-;/m0./s1. The van der Waals surface area contributed by atoms with E-state index in [4.69, 9.17) is 0 Å². The van der Waals surface area contributed by atoms with Crippen LogP contribution in [0.4, 0.5) is 13.2 Å². The van der Waals surface area contributed by atoms with Gasteiger partial charge in [0.2, 0.25) is 0 Å². The fourth-order valence-corrected chi connectivity index (χ4v) is 1.13. The molecule has 1 rings (SSSR count). The van der Waals surface area contributed by atoms with Crippen molar-refractivity contribution in [3.05, 3.63) is 0 Å². The van der Waals surface area contributed by atoms with Gasteiger partial charge in [0.1, 0.15) is 0 Å². The molecule has 0 saturated carbocycles. The first kappa shape index (κ1) is 11.0. The lowest BCUT2D eigenvalue weighted by Crippen LogP contribution is -2.38. The Kier molecular flexibility index (Phi) is 4.18. The molecule has 5 heteroatoms. The quantitative estimate of drug-likeness (QED) is 0.615. The molecule has 0 unspecified atom stereocenters. The van der Waals surface area contributed by atoms with E-state index in [-0.39, 0.29) is 25.4 Å². The summed E-state index contributed by atoms with van der Waals surface area (Å²) in [6.07, 6.45) is -3.06. The Morgan fingerprint density at radius 1 is 1.27 bits per heavy atom. The lowest BCUT2D eigenvalue weighted by molar-refractivity contribution is -0.177. The van der Waals surface area contributed by atoms with E-state index >= 15 is 0 Å². The third-order valence-corrected chi connectivity index (χ3v) is 1.76. The molecule has 1 aliphatic rings. The van der Waals surface area contributed by atoms with Crippen LogP contribution in [0.2, 0.25) is 0 Å². The number of nitrogens with one attached hydrogen (secondary N) is 1. The highest BCUT2D eigenvalue weighted by Gasteiger charge is 2.39. The summed E-state index contributed by atoms with van der Waals surface area (Å²) >= 11 is 0. The first-order chi connectivity index (χ1) is 4.61. The molecule has 1 saturated heterocycles. The molecule has 11 heavy (non-hydrogen) atoms. The maximum atomic E-state index is 11.9. The Bertz CT molecular complexity index is 109. The zero-order valence-corrected chi connectivity index (χ0v) is 6.76. The second-order valence-corrected chi connectivity index (χ2v) is 2.58.